The first-order valence-electron chi connectivity index (χ1n) is 6.71. The summed E-state index contributed by atoms with van der Waals surface area (Å²) in [4.78, 5) is 25.4. The van der Waals surface area contributed by atoms with Crippen molar-refractivity contribution in [1.82, 2.24) is 10.2 Å². The topological polar surface area (TPSA) is 83.6 Å². The third-order valence-electron chi connectivity index (χ3n) is 3.97. The quantitative estimate of drug-likeness (QED) is 0.698. The van der Waals surface area contributed by atoms with E-state index in [-0.39, 0.29) is 41.2 Å². The lowest BCUT2D eigenvalue weighted by Crippen LogP contribution is -2.39. The van der Waals surface area contributed by atoms with Gasteiger partial charge in [-0.2, -0.15) is 0 Å². The molecule has 0 aromatic carbocycles. The van der Waals surface area contributed by atoms with Crippen molar-refractivity contribution in [1.29, 1.82) is 0 Å². The summed E-state index contributed by atoms with van der Waals surface area (Å²) >= 11 is 0. The van der Waals surface area contributed by atoms with Crippen LogP contribution in [0, 0.1) is 11.8 Å². The first-order valence-corrected chi connectivity index (χ1v) is 8.53. The molecule has 7 heteroatoms. The molecule has 6 nitrogen and oxygen atoms in total. The Morgan fingerprint density at radius 2 is 2.10 bits per heavy atom. The van der Waals surface area contributed by atoms with Gasteiger partial charge in [-0.15, -0.1) is 6.58 Å². The van der Waals surface area contributed by atoms with E-state index < -0.39 is 9.84 Å². The van der Waals surface area contributed by atoms with Gasteiger partial charge in [0.1, 0.15) is 0 Å². The Morgan fingerprint density at radius 1 is 1.40 bits per heavy atom. The molecule has 0 aromatic heterocycles. The predicted octanol–water partition coefficient (Wildman–Crippen LogP) is -0.430. The van der Waals surface area contributed by atoms with Crippen molar-refractivity contribution in [2.24, 2.45) is 11.8 Å². The van der Waals surface area contributed by atoms with Crippen LogP contribution >= 0.6 is 0 Å². The third-order valence-corrected chi connectivity index (χ3v) is 5.72. The fourth-order valence-corrected chi connectivity index (χ4v) is 4.36. The molecule has 1 heterocycles. The molecule has 2 fully saturated rings. The number of nitrogens with zero attached hydrogens (tertiary/aromatic N) is 1. The summed E-state index contributed by atoms with van der Waals surface area (Å²) < 4.78 is 22.9. The molecule has 1 aliphatic heterocycles. The van der Waals surface area contributed by atoms with E-state index in [9.17, 15) is 18.0 Å². The van der Waals surface area contributed by atoms with Crippen molar-refractivity contribution in [3.05, 3.63) is 12.7 Å². The SMILES string of the molecule is C=CCNC(=O)C1CC1C(=O)N(C)C1CCS(=O)(=O)C1. The van der Waals surface area contributed by atoms with Crippen molar-refractivity contribution >= 4 is 21.7 Å². The molecule has 2 rings (SSSR count). The molecule has 1 aliphatic carbocycles. The largest absolute Gasteiger partial charge is 0.352 e. The van der Waals surface area contributed by atoms with Crippen LogP contribution in [-0.2, 0) is 19.4 Å². The fraction of sp³-hybridized carbons (Fsp3) is 0.692. The zero-order chi connectivity index (χ0) is 14.9. The molecule has 2 aliphatic rings. The summed E-state index contributed by atoms with van der Waals surface area (Å²) in [6, 6.07) is -0.245. The third kappa shape index (κ3) is 3.20. The van der Waals surface area contributed by atoms with E-state index in [0.717, 1.165) is 0 Å². The molecule has 0 bridgehead atoms. The molecule has 1 N–H and O–H groups in total. The Morgan fingerprint density at radius 3 is 2.65 bits per heavy atom. The average Bonchev–Trinajstić information content (AvgIpc) is 3.12. The maximum Gasteiger partial charge on any atom is 0.226 e. The van der Waals surface area contributed by atoms with E-state index >= 15 is 0 Å². The summed E-state index contributed by atoms with van der Waals surface area (Å²) in [5, 5.41) is 2.68. The molecular formula is C13H20N2O4S. The number of rotatable bonds is 5. The van der Waals surface area contributed by atoms with Gasteiger partial charge in [-0.25, -0.2) is 8.42 Å². The van der Waals surface area contributed by atoms with Gasteiger partial charge in [-0.1, -0.05) is 6.08 Å². The highest BCUT2D eigenvalue weighted by Gasteiger charge is 2.50. The smallest absolute Gasteiger partial charge is 0.226 e. The lowest BCUT2D eigenvalue weighted by molar-refractivity contribution is -0.135. The normalized spacial score (nSPS) is 30.6. The molecule has 3 unspecified atom stereocenters. The van der Waals surface area contributed by atoms with E-state index in [1.54, 1.807) is 13.1 Å². The number of hydrogen-bond donors (Lipinski definition) is 1. The van der Waals surface area contributed by atoms with Crippen LogP contribution < -0.4 is 5.32 Å². The zero-order valence-corrected chi connectivity index (χ0v) is 12.4. The van der Waals surface area contributed by atoms with E-state index in [0.29, 0.717) is 19.4 Å². The highest BCUT2D eigenvalue weighted by atomic mass is 32.2. The summed E-state index contributed by atoms with van der Waals surface area (Å²) in [5.74, 6) is -0.643. The van der Waals surface area contributed by atoms with E-state index in [4.69, 9.17) is 0 Å². The number of hydrogen-bond acceptors (Lipinski definition) is 4. The van der Waals surface area contributed by atoms with E-state index in [1.807, 2.05) is 0 Å². The molecular weight excluding hydrogens is 280 g/mol. The van der Waals surface area contributed by atoms with Gasteiger partial charge in [0.2, 0.25) is 11.8 Å². The van der Waals surface area contributed by atoms with Gasteiger partial charge >= 0.3 is 0 Å². The van der Waals surface area contributed by atoms with Gasteiger partial charge in [0.05, 0.1) is 23.3 Å². The number of sulfone groups is 1. The Kier molecular flexibility index (Phi) is 4.17. The summed E-state index contributed by atoms with van der Waals surface area (Å²) in [6.45, 7) is 3.91. The van der Waals surface area contributed by atoms with Crippen LogP contribution in [0.3, 0.4) is 0 Å². The van der Waals surface area contributed by atoms with Crippen LogP contribution in [0.4, 0.5) is 0 Å². The van der Waals surface area contributed by atoms with Crippen LogP contribution in [0.2, 0.25) is 0 Å². The lowest BCUT2D eigenvalue weighted by Gasteiger charge is -2.23. The van der Waals surface area contributed by atoms with Crippen LogP contribution in [-0.4, -0.2) is 56.3 Å². The molecule has 0 aromatic rings. The maximum absolute atomic E-state index is 12.2. The number of carbonyl (C=O) groups excluding carboxylic acids is 2. The van der Waals surface area contributed by atoms with Crippen molar-refractivity contribution in [2.45, 2.75) is 18.9 Å². The Bertz CT molecular complexity index is 528. The van der Waals surface area contributed by atoms with Gasteiger partial charge in [-0.05, 0) is 12.8 Å². The van der Waals surface area contributed by atoms with Crippen LogP contribution in [0.1, 0.15) is 12.8 Å². The van der Waals surface area contributed by atoms with Crippen LogP contribution in [0.25, 0.3) is 0 Å². The monoisotopic (exact) mass is 300 g/mol. The first kappa shape index (κ1) is 15.0. The minimum atomic E-state index is -3.01. The van der Waals surface area contributed by atoms with Gasteiger partial charge in [0, 0.05) is 19.6 Å². The van der Waals surface area contributed by atoms with Crippen LogP contribution in [0.5, 0.6) is 0 Å². The van der Waals surface area contributed by atoms with Crippen molar-refractivity contribution in [3.63, 3.8) is 0 Å². The summed E-state index contributed by atoms with van der Waals surface area (Å²) in [7, 11) is -1.38. The Balaban J connectivity index is 1.87. The fourth-order valence-electron chi connectivity index (χ4n) is 2.58. The van der Waals surface area contributed by atoms with E-state index in [1.165, 1.54) is 4.90 Å². The Labute approximate surface area is 119 Å². The highest BCUT2D eigenvalue weighted by Crippen LogP contribution is 2.40. The van der Waals surface area contributed by atoms with Crippen molar-refractivity contribution in [3.8, 4) is 0 Å². The van der Waals surface area contributed by atoms with Gasteiger partial charge in [0.15, 0.2) is 9.84 Å². The highest BCUT2D eigenvalue weighted by molar-refractivity contribution is 7.91. The number of amides is 2. The average molecular weight is 300 g/mol. The molecule has 2 amide bonds. The minimum absolute atomic E-state index is 0.0370. The molecule has 1 saturated heterocycles. The van der Waals surface area contributed by atoms with Crippen molar-refractivity contribution in [2.75, 3.05) is 25.1 Å². The summed E-state index contributed by atoms with van der Waals surface area (Å²) in [5.41, 5.74) is 0. The molecule has 20 heavy (non-hydrogen) atoms. The maximum atomic E-state index is 12.2. The lowest BCUT2D eigenvalue weighted by atomic mass is 10.2. The molecule has 112 valence electrons. The van der Waals surface area contributed by atoms with E-state index in [2.05, 4.69) is 11.9 Å². The van der Waals surface area contributed by atoms with Crippen LogP contribution in [0.15, 0.2) is 12.7 Å². The minimum Gasteiger partial charge on any atom is -0.352 e. The summed E-state index contributed by atoms with van der Waals surface area (Å²) in [6.07, 6.45) is 2.63. The number of carbonyl (C=O) groups is 2. The first-order chi connectivity index (χ1) is 9.35. The van der Waals surface area contributed by atoms with Gasteiger partial charge in [0.25, 0.3) is 0 Å². The molecule has 3 atom stereocenters. The second-order valence-corrected chi connectivity index (χ2v) is 7.72. The molecule has 1 saturated carbocycles. The Hall–Kier alpha value is -1.37. The second kappa shape index (κ2) is 5.55. The standard InChI is InChI=1S/C13H20N2O4S/c1-3-5-14-12(16)10-7-11(10)13(17)15(2)9-4-6-20(18,19)8-9/h3,9-11H,1,4-8H2,2H3,(H,14,16). The molecule has 0 spiro atoms. The van der Waals surface area contributed by atoms with Crippen molar-refractivity contribution < 1.29 is 18.0 Å². The second-order valence-electron chi connectivity index (χ2n) is 5.49. The molecule has 0 radical (unpaired) electrons. The predicted molar refractivity (Wildman–Crippen MR) is 74.6 cm³/mol. The number of nitrogens with one attached hydrogen (secondary N) is 1. The van der Waals surface area contributed by atoms with Gasteiger partial charge < -0.3 is 10.2 Å². The zero-order valence-electron chi connectivity index (χ0n) is 11.5. The van der Waals surface area contributed by atoms with Gasteiger partial charge in [-0.3, -0.25) is 9.59 Å².